The van der Waals surface area contributed by atoms with E-state index < -0.39 is 5.60 Å². The third-order valence-electron chi connectivity index (χ3n) is 2.46. The van der Waals surface area contributed by atoms with Gasteiger partial charge >= 0.3 is 0 Å². The molecule has 1 aromatic carbocycles. The fourth-order valence-corrected chi connectivity index (χ4v) is 1.55. The third kappa shape index (κ3) is 2.63. The van der Waals surface area contributed by atoms with E-state index in [1.54, 1.807) is 0 Å². The van der Waals surface area contributed by atoms with Gasteiger partial charge in [-0.25, -0.2) is 0 Å². The van der Waals surface area contributed by atoms with Crippen molar-refractivity contribution in [1.82, 2.24) is 0 Å². The molecule has 1 aliphatic heterocycles. The average molecular weight is 208 g/mol. The van der Waals surface area contributed by atoms with Crippen LogP contribution >= 0.6 is 0 Å². The van der Waals surface area contributed by atoms with Gasteiger partial charge in [0.15, 0.2) is 11.5 Å². The molecule has 2 rings (SSSR count). The number of aliphatic hydroxyl groups is 1. The Morgan fingerprint density at radius 3 is 2.73 bits per heavy atom. The van der Waals surface area contributed by atoms with Crippen LogP contribution in [0.1, 0.15) is 25.8 Å². The first-order valence-electron chi connectivity index (χ1n) is 5.15. The lowest BCUT2D eigenvalue weighted by atomic mass is 9.99. The Kier molecular flexibility index (Phi) is 2.57. The molecule has 0 saturated heterocycles. The maximum absolute atomic E-state index is 9.62. The van der Waals surface area contributed by atoms with E-state index in [0.29, 0.717) is 6.79 Å². The number of rotatable bonds is 3. The number of hydrogen-bond acceptors (Lipinski definition) is 3. The van der Waals surface area contributed by atoms with Crippen molar-refractivity contribution in [3.8, 4) is 11.5 Å². The Bertz CT molecular complexity index is 352. The molecule has 3 heteroatoms. The molecule has 0 unspecified atom stereocenters. The molecule has 1 N–H and O–H groups in total. The van der Waals surface area contributed by atoms with Crippen molar-refractivity contribution in [2.45, 2.75) is 32.3 Å². The van der Waals surface area contributed by atoms with Gasteiger partial charge in [-0.3, -0.25) is 0 Å². The van der Waals surface area contributed by atoms with E-state index in [4.69, 9.17) is 9.47 Å². The van der Waals surface area contributed by atoms with E-state index in [1.165, 1.54) is 5.56 Å². The summed E-state index contributed by atoms with van der Waals surface area (Å²) in [5.41, 5.74) is 0.553. The number of ether oxygens (including phenoxy) is 2. The van der Waals surface area contributed by atoms with E-state index in [-0.39, 0.29) is 0 Å². The zero-order valence-electron chi connectivity index (χ0n) is 9.12. The lowest BCUT2D eigenvalue weighted by Gasteiger charge is -2.16. The van der Waals surface area contributed by atoms with Crippen LogP contribution in [0.5, 0.6) is 11.5 Å². The molecule has 1 aromatic rings. The Morgan fingerprint density at radius 2 is 2.00 bits per heavy atom. The molecular formula is C12H16O3. The molecule has 0 amide bonds. The average Bonchev–Trinajstić information content (AvgIpc) is 2.60. The lowest BCUT2D eigenvalue weighted by molar-refractivity contribution is 0.0714. The summed E-state index contributed by atoms with van der Waals surface area (Å²) in [6.07, 6.45) is 1.59. The second kappa shape index (κ2) is 3.74. The van der Waals surface area contributed by atoms with E-state index in [1.807, 2.05) is 32.0 Å². The van der Waals surface area contributed by atoms with Crippen LogP contribution in [-0.2, 0) is 6.42 Å². The van der Waals surface area contributed by atoms with Crippen LogP contribution in [0, 0.1) is 0 Å². The molecule has 82 valence electrons. The number of aryl methyl sites for hydroxylation is 1. The molecule has 15 heavy (non-hydrogen) atoms. The normalized spacial score (nSPS) is 14.3. The molecule has 0 fully saturated rings. The molecule has 0 aromatic heterocycles. The summed E-state index contributed by atoms with van der Waals surface area (Å²) in [5.74, 6) is 1.62. The first kappa shape index (κ1) is 10.3. The maximum atomic E-state index is 9.62. The van der Waals surface area contributed by atoms with Gasteiger partial charge in [-0.2, -0.15) is 0 Å². The number of hydrogen-bond donors (Lipinski definition) is 1. The first-order valence-corrected chi connectivity index (χ1v) is 5.15. The summed E-state index contributed by atoms with van der Waals surface area (Å²) in [7, 11) is 0. The highest BCUT2D eigenvalue weighted by Gasteiger charge is 2.15. The minimum Gasteiger partial charge on any atom is -0.454 e. The van der Waals surface area contributed by atoms with Gasteiger partial charge in [0.1, 0.15) is 0 Å². The standard InChI is InChI=1S/C12H16O3/c1-12(2,13)6-5-9-3-4-10-11(7-9)15-8-14-10/h3-4,7,13H,5-6,8H2,1-2H3. The van der Waals surface area contributed by atoms with Gasteiger partial charge in [-0.15, -0.1) is 0 Å². The molecule has 0 saturated carbocycles. The summed E-state index contributed by atoms with van der Waals surface area (Å²) >= 11 is 0. The monoisotopic (exact) mass is 208 g/mol. The van der Waals surface area contributed by atoms with Gasteiger partial charge < -0.3 is 14.6 Å². The van der Waals surface area contributed by atoms with Crippen molar-refractivity contribution in [2.75, 3.05) is 6.79 Å². The van der Waals surface area contributed by atoms with Crippen LogP contribution in [0.3, 0.4) is 0 Å². The van der Waals surface area contributed by atoms with E-state index >= 15 is 0 Å². The van der Waals surface area contributed by atoms with E-state index in [9.17, 15) is 5.11 Å². The van der Waals surface area contributed by atoms with Gasteiger partial charge in [-0.1, -0.05) is 6.07 Å². The van der Waals surface area contributed by atoms with E-state index in [0.717, 1.165) is 24.3 Å². The van der Waals surface area contributed by atoms with E-state index in [2.05, 4.69) is 0 Å². The topological polar surface area (TPSA) is 38.7 Å². The minimum absolute atomic E-state index is 0.310. The maximum Gasteiger partial charge on any atom is 0.231 e. The second-order valence-electron chi connectivity index (χ2n) is 4.50. The highest BCUT2D eigenvalue weighted by atomic mass is 16.7. The fourth-order valence-electron chi connectivity index (χ4n) is 1.55. The van der Waals surface area contributed by atoms with Gasteiger partial charge in [0.25, 0.3) is 0 Å². The predicted molar refractivity (Wildman–Crippen MR) is 57.2 cm³/mol. The third-order valence-corrected chi connectivity index (χ3v) is 2.46. The minimum atomic E-state index is -0.615. The van der Waals surface area contributed by atoms with Gasteiger partial charge in [0.2, 0.25) is 6.79 Å². The smallest absolute Gasteiger partial charge is 0.231 e. The molecule has 1 aliphatic rings. The second-order valence-corrected chi connectivity index (χ2v) is 4.50. The zero-order chi connectivity index (χ0) is 10.9. The van der Waals surface area contributed by atoms with Crippen LogP contribution in [0.25, 0.3) is 0 Å². The quantitative estimate of drug-likeness (QED) is 0.826. The lowest BCUT2D eigenvalue weighted by Crippen LogP contribution is -2.19. The van der Waals surface area contributed by atoms with Gasteiger partial charge in [0.05, 0.1) is 5.60 Å². The van der Waals surface area contributed by atoms with Gasteiger partial charge in [-0.05, 0) is 44.4 Å². The van der Waals surface area contributed by atoms with Crippen LogP contribution < -0.4 is 9.47 Å². The summed E-state index contributed by atoms with van der Waals surface area (Å²) in [6, 6.07) is 5.91. The van der Waals surface area contributed by atoms with Crippen LogP contribution in [-0.4, -0.2) is 17.5 Å². The SMILES string of the molecule is CC(C)(O)CCc1ccc2c(c1)OCO2. The number of fused-ring (bicyclic) bond motifs is 1. The Hall–Kier alpha value is -1.22. The Labute approximate surface area is 89.6 Å². The predicted octanol–water partition coefficient (Wildman–Crippen LogP) is 2.12. The van der Waals surface area contributed by atoms with Crippen molar-refractivity contribution < 1.29 is 14.6 Å². The number of benzene rings is 1. The largest absolute Gasteiger partial charge is 0.454 e. The van der Waals surface area contributed by atoms with Crippen molar-refractivity contribution in [1.29, 1.82) is 0 Å². The molecule has 0 atom stereocenters. The molecular weight excluding hydrogens is 192 g/mol. The molecule has 0 aliphatic carbocycles. The van der Waals surface area contributed by atoms with Crippen molar-refractivity contribution in [3.63, 3.8) is 0 Å². The zero-order valence-corrected chi connectivity index (χ0v) is 9.12. The summed E-state index contributed by atoms with van der Waals surface area (Å²) in [6.45, 7) is 3.95. The van der Waals surface area contributed by atoms with Crippen molar-refractivity contribution >= 4 is 0 Å². The van der Waals surface area contributed by atoms with Crippen molar-refractivity contribution in [3.05, 3.63) is 23.8 Å². The fraction of sp³-hybridized carbons (Fsp3) is 0.500. The molecule has 3 nitrogen and oxygen atoms in total. The van der Waals surface area contributed by atoms with Crippen LogP contribution in [0.15, 0.2) is 18.2 Å². The van der Waals surface area contributed by atoms with Crippen LogP contribution in [0.4, 0.5) is 0 Å². The summed E-state index contributed by atoms with van der Waals surface area (Å²) in [5, 5.41) is 9.62. The highest BCUT2D eigenvalue weighted by molar-refractivity contribution is 5.44. The van der Waals surface area contributed by atoms with Crippen molar-refractivity contribution in [2.24, 2.45) is 0 Å². The first-order chi connectivity index (χ1) is 7.04. The molecule has 0 spiro atoms. The molecule has 0 bridgehead atoms. The van der Waals surface area contributed by atoms with Gasteiger partial charge in [0, 0.05) is 0 Å². The van der Waals surface area contributed by atoms with Crippen LogP contribution in [0.2, 0.25) is 0 Å². The summed E-state index contributed by atoms with van der Waals surface area (Å²) < 4.78 is 10.5. The Morgan fingerprint density at radius 1 is 1.27 bits per heavy atom. The molecule has 0 radical (unpaired) electrons. The highest BCUT2D eigenvalue weighted by Crippen LogP contribution is 2.33. The summed E-state index contributed by atoms with van der Waals surface area (Å²) in [4.78, 5) is 0. The Balaban J connectivity index is 2.04. The molecule has 1 heterocycles.